The van der Waals surface area contributed by atoms with Crippen molar-refractivity contribution in [2.45, 2.75) is 11.5 Å². The van der Waals surface area contributed by atoms with Crippen LogP contribution in [0.1, 0.15) is 5.56 Å². The van der Waals surface area contributed by atoms with Gasteiger partial charge in [0, 0.05) is 15.7 Å². The van der Waals surface area contributed by atoms with Crippen molar-refractivity contribution in [3.8, 4) is 5.75 Å². The minimum absolute atomic E-state index is 0.0127. The van der Waals surface area contributed by atoms with Gasteiger partial charge >= 0.3 is 0 Å². The van der Waals surface area contributed by atoms with E-state index in [4.69, 9.17) is 27.0 Å². The summed E-state index contributed by atoms with van der Waals surface area (Å²) in [5, 5.41) is 0.224. The molecule has 0 radical (unpaired) electrons. The van der Waals surface area contributed by atoms with Gasteiger partial charge in [0.25, 0.3) is 9.05 Å². The molecule has 0 saturated carbocycles. The maximum atomic E-state index is 13.0. The van der Waals surface area contributed by atoms with Gasteiger partial charge in [0.2, 0.25) is 0 Å². The van der Waals surface area contributed by atoms with Crippen LogP contribution in [0, 0.1) is 5.82 Å². The normalized spacial score (nSPS) is 11.3. The van der Waals surface area contributed by atoms with Crippen LogP contribution in [-0.4, -0.2) is 8.42 Å². The molecule has 0 spiro atoms. The van der Waals surface area contributed by atoms with Crippen molar-refractivity contribution in [3.05, 3.63) is 58.9 Å². The Morgan fingerprint density at radius 2 is 1.90 bits per heavy atom. The maximum Gasteiger partial charge on any atom is 0.265 e. The molecular formula is C13H9Cl2FO3S. The van der Waals surface area contributed by atoms with Crippen molar-refractivity contribution in [1.82, 2.24) is 0 Å². The molecule has 0 heterocycles. The molecule has 0 fully saturated rings. The topological polar surface area (TPSA) is 43.4 Å². The Balaban J connectivity index is 2.26. The average Bonchev–Trinajstić information content (AvgIpc) is 2.36. The van der Waals surface area contributed by atoms with Crippen molar-refractivity contribution in [3.63, 3.8) is 0 Å². The fourth-order valence-electron chi connectivity index (χ4n) is 1.58. The molecule has 2 aromatic carbocycles. The van der Waals surface area contributed by atoms with Gasteiger partial charge in [-0.25, -0.2) is 12.8 Å². The van der Waals surface area contributed by atoms with E-state index in [0.29, 0.717) is 5.56 Å². The highest BCUT2D eigenvalue weighted by Crippen LogP contribution is 2.30. The van der Waals surface area contributed by atoms with E-state index in [1.807, 2.05) is 0 Å². The molecule has 7 heteroatoms. The second-order valence-corrected chi connectivity index (χ2v) is 6.92. The van der Waals surface area contributed by atoms with E-state index in [-0.39, 0.29) is 22.3 Å². The Labute approximate surface area is 125 Å². The fourth-order valence-corrected chi connectivity index (χ4v) is 2.81. The van der Waals surface area contributed by atoms with E-state index in [2.05, 4.69) is 0 Å². The molecule has 0 saturated heterocycles. The molecule has 106 valence electrons. The van der Waals surface area contributed by atoms with Gasteiger partial charge in [0.1, 0.15) is 23.1 Å². The number of halogens is 3. The van der Waals surface area contributed by atoms with E-state index in [9.17, 15) is 12.8 Å². The van der Waals surface area contributed by atoms with Gasteiger partial charge in [-0.1, -0.05) is 23.7 Å². The standard InChI is InChI=1S/C13H9Cl2FO3S/c14-10-4-5-12(13(7-10)20(15,17)18)19-8-9-2-1-3-11(16)6-9/h1-7H,8H2. The summed E-state index contributed by atoms with van der Waals surface area (Å²) in [7, 11) is 1.34. The minimum atomic E-state index is -3.98. The summed E-state index contributed by atoms with van der Waals surface area (Å²) < 4.78 is 41.3. The molecule has 0 aliphatic carbocycles. The van der Waals surface area contributed by atoms with Gasteiger partial charge in [-0.2, -0.15) is 0 Å². The summed E-state index contributed by atoms with van der Waals surface area (Å²) in [6.07, 6.45) is 0. The lowest BCUT2D eigenvalue weighted by Gasteiger charge is -2.10. The SMILES string of the molecule is O=S(=O)(Cl)c1cc(Cl)ccc1OCc1cccc(F)c1. The molecule has 0 N–H and O–H groups in total. The number of rotatable bonds is 4. The van der Waals surface area contributed by atoms with Crippen molar-refractivity contribution in [2.24, 2.45) is 0 Å². The summed E-state index contributed by atoms with van der Waals surface area (Å²) in [6, 6.07) is 9.88. The zero-order chi connectivity index (χ0) is 14.8. The molecule has 0 bridgehead atoms. The van der Waals surface area contributed by atoms with Crippen molar-refractivity contribution >= 4 is 31.3 Å². The van der Waals surface area contributed by atoms with Crippen molar-refractivity contribution in [2.75, 3.05) is 0 Å². The fraction of sp³-hybridized carbons (Fsp3) is 0.0769. The van der Waals surface area contributed by atoms with Crippen molar-refractivity contribution in [1.29, 1.82) is 0 Å². The smallest absolute Gasteiger partial charge is 0.265 e. The monoisotopic (exact) mass is 334 g/mol. The first-order valence-electron chi connectivity index (χ1n) is 5.48. The lowest BCUT2D eigenvalue weighted by molar-refractivity contribution is 0.297. The largest absolute Gasteiger partial charge is 0.487 e. The van der Waals surface area contributed by atoms with Gasteiger partial charge in [0.05, 0.1) is 0 Å². The molecular weight excluding hydrogens is 326 g/mol. The quantitative estimate of drug-likeness (QED) is 0.794. The summed E-state index contributed by atoms with van der Waals surface area (Å²) in [5.74, 6) is -0.332. The second kappa shape index (κ2) is 5.99. The number of hydrogen-bond donors (Lipinski definition) is 0. The van der Waals surface area contributed by atoms with Gasteiger partial charge in [0.15, 0.2) is 0 Å². The van der Waals surface area contributed by atoms with E-state index in [1.165, 1.54) is 36.4 Å². The van der Waals surface area contributed by atoms with Crippen LogP contribution in [-0.2, 0) is 15.7 Å². The van der Waals surface area contributed by atoms with Crippen LogP contribution < -0.4 is 4.74 Å². The molecule has 20 heavy (non-hydrogen) atoms. The number of hydrogen-bond acceptors (Lipinski definition) is 3. The van der Waals surface area contributed by atoms with Crippen LogP contribution in [0.4, 0.5) is 4.39 Å². The number of ether oxygens (including phenoxy) is 1. The Morgan fingerprint density at radius 3 is 2.55 bits per heavy atom. The first-order chi connectivity index (χ1) is 9.36. The molecule has 2 rings (SSSR count). The lowest BCUT2D eigenvalue weighted by atomic mass is 10.2. The molecule has 3 nitrogen and oxygen atoms in total. The van der Waals surface area contributed by atoms with E-state index < -0.39 is 14.9 Å². The lowest BCUT2D eigenvalue weighted by Crippen LogP contribution is -2.01. The highest BCUT2D eigenvalue weighted by atomic mass is 35.7. The third-order valence-electron chi connectivity index (χ3n) is 2.45. The summed E-state index contributed by atoms with van der Waals surface area (Å²) in [6.45, 7) is 0.0127. The minimum Gasteiger partial charge on any atom is -0.487 e. The van der Waals surface area contributed by atoms with Crippen LogP contribution in [0.15, 0.2) is 47.4 Å². The first kappa shape index (κ1) is 15.1. The third-order valence-corrected chi connectivity index (χ3v) is 4.03. The third kappa shape index (κ3) is 3.85. The van der Waals surface area contributed by atoms with Gasteiger partial charge in [-0.05, 0) is 35.9 Å². The average molecular weight is 335 g/mol. The molecule has 2 aromatic rings. The van der Waals surface area contributed by atoms with E-state index in [1.54, 1.807) is 6.07 Å². The summed E-state index contributed by atoms with van der Waals surface area (Å²) >= 11 is 5.73. The molecule has 0 aliphatic heterocycles. The predicted molar refractivity (Wildman–Crippen MR) is 75.2 cm³/mol. The highest BCUT2D eigenvalue weighted by Gasteiger charge is 2.17. The predicted octanol–water partition coefficient (Wildman–Crippen LogP) is 3.99. The molecule has 0 unspecified atom stereocenters. The Bertz CT molecular complexity index is 732. The highest BCUT2D eigenvalue weighted by molar-refractivity contribution is 8.13. The molecule has 0 aromatic heterocycles. The van der Waals surface area contributed by atoms with Gasteiger partial charge in [-0.15, -0.1) is 0 Å². The van der Waals surface area contributed by atoms with Gasteiger partial charge in [-0.3, -0.25) is 0 Å². The summed E-state index contributed by atoms with van der Waals surface area (Å²) in [5.41, 5.74) is 0.567. The second-order valence-electron chi connectivity index (χ2n) is 3.95. The molecule has 0 aliphatic rings. The Hall–Kier alpha value is -1.30. The number of benzene rings is 2. The van der Waals surface area contributed by atoms with Gasteiger partial charge < -0.3 is 4.74 Å². The molecule has 0 amide bonds. The Morgan fingerprint density at radius 1 is 1.15 bits per heavy atom. The van der Waals surface area contributed by atoms with Crippen LogP contribution in [0.5, 0.6) is 5.75 Å². The maximum absolute atomic E-state index is 13.0. The Kier molecular flexibility index (Phi) is 4.52. The molecule has 0 atom stereocenters. The van der Waals surface area contributed by atoms with Crippen LogP contribution in [0.3, 0.4) is 0 Å². The zero-order valence-corrected chi connectivity index (χ0v) is 12.3. The van der Waals surface area contributed by atoms with E-state index >= 15 is 0 Å². The summed E-state index contributed by atoms with van der Waals surface area (Å²) in [4.78, 5) is -0.219. The first-order valence-corrected chi connectivity index (χ1v) is 8.16. The van der Waals surface area contributed by atoms with Crippen LogP contribution in [0.2, 0.25) is 5.02 Å². The van der Waals surface area contributed by atoms with E-state index in [0.717, 1.165) is 0 Å². The van der Waals surface area contributed by atoms with Crippen LogP contribution >= 0.6 is 22.3 Å². The van der Waals surface area contributed by atoms with Crippen molar-refractivity contribution < 1.29 is 17.5 Å². The van der Waals surface area contributed by atoms with Crippen LogP contribution in [0.25, 0.3) is 0 Å². The zero-order valence-electron chi connectivity index (χ0n) is 10.0.